The van der Waals surface area contributed by atoms with Crippen molar-refractivity contribution in [2.24, 2.45) is 0 Å². The van der Waals surface area contributed by atoms with Crippen LogP contribution in [0.5, 0.6) is 0 Å². The van der Waals surface area contributed by atoms with Gasteiger partial charge in [0.15, 0.2) is 0 Å². The first kappa shape index (κ1) is 10.7. The van der Waals surface area contributed by atoms with Crippen LogP contribution in [-0.4, -0.2) is 34.0 Å². The second-order valence-electron chi connectivity index (χ2n) is 2.32. The molecule has 0 radical (unpaired) electrons. The molecule has 0 aliphatic carbocycles. The number of likely N-dealkylation sites (tertiary alicyclic amines) is 1. The minimum absolute atomic E-state index is 0. The smallest absolute Gasteiger partial charge is 1.00 e. The Hall–Kier alpha value is 0.657. The van der Waals surface area contributed by atoms with Crippen molar-refractivity contribution in [1.29, 1.82) is 0 Å². The summed E-state index contributed by atoms with van der Waals surface area (Å²) in [5.74, 6) is 0. The zero-order valence-corrected chi connectivity index (χ0v) is 8.47. The predicted octanol–water partition coefficient (Wildman–Crippen LogP) is -1.88. The average Bonchev–Trinajstić information content (AvgIpc) is 2.37. The Kier molecular flexibility index (Phi) is 5.68. The van der Waals surface area contributed by atoms with Gasteiger partial charge in [-0.2, -0.15) is 0 Å². The Morgan fingerprint density at radius 2 is 1.90 bits per heavy atom. The van der Waals surface area contributed by atoms with E-state index < -0.39 is 0 Å². The van der Waals surface area contributed by atoms with E-state index in [0.29, 0.717) is 0 Å². The van der Waals surface area contributed by atoms with E-state index in [2.05, 4.69) is 33.9 Å². The van der Waals surface area contributed by atoms with Crippen LogP contribution in [-0.2, 0) is 0 Å². The second kappa shape index (κ2) is 5.33. The Balaban J connectivity index is 0.000000810. The SMILES string of the molecule is C/C=C(\[Se-])N1CCCC1.[Li+]. The third kappa shape index (κ3) is 2.72. The van der Waals surface area contributed by atoms with Gasteiger partial charge in [0.25, 0.3) is 0 Å². The molecule has 0 amide bonds. The fourth-order valence-electron chi connectivity index (χ4n) is 1.12. The van der Waals surface area contributed by atoms with E-state index in [1.807, 2.05) is 0 Å². The maximum absolute atomic E-state index is 3.06. The molecule has 0 saturated carbocycles. The van der Waals surface area contributed by atoms with Crippen molar-refractivity contribution >= 4 is 16.0 Å². The molecule has 1 heterocycles. The maximum Gasteiger partial charge on any atom is 1.00 e. The molecular weight excluding hydrogens is 184 g/mol. The first-order chi connectivity index (χ1) is 4.34. The molecule has 1 aliphatic rings. The van der Waals surface area contributed by atoms with Gasteiger partial charge in [-0.25, -0.2) is 0 Å². The van der Waals surface area contributed by atoms with Gasteiger partial charge < -0.3 is 0 Å². The van der Waals surface area contributed by atoms with Crippen molar-refractivity contribution in [2.75, 3.05) is 13.1 Å². The molecule has 0 aromatic carbocycles. The summed E-state index contributed by atoms with van der Waals surface area (Å²) in [5, 5.41) is 0. The standard InChI is InChI=1S/C7H13NSe.Li/c1-2-7(9)8-5-3-4-6-8;/h2,9H,3-6H2,1H3;/q;+1/p-1/b7-2-;. The van der Waals surface area contributed by atoms with Crippen molar-refractivity contribution in [1.82, 2.24) is 4.90 Å². The van der Waals surface area contributed by atoms with Crippen molar-refractivity contribution in [3.63, 3.8) is 0 Å². The van der Waals surface area contributed by atoms with Gasteiger partial charge >= 0.3 is 83.3 Å². The Morgan fingerprint density at radius 3 is 2.30 bits per heavy atom. The van der Waals surface area contributed by atoms with E-state index >= 15 is 0 Å². The molecule has 0 aromatic heterocycles. The van der Waals surface area contributed by atoms with Crippen LogP contribution in [0.15, 0.2) is 10.7 Å². The molecule has 1 nitrogen and oxygen atoms in total. The largest absolute Gasteiger partial charge is 1.00 e. The maximum atomic E-state index is 3.06. The molecule has 0 aromatic rings. The van der Waals surface area contributed by atoms with E-state index in [4.69, 9.17) is 0 Å². The minimum Gasteiger partial charge on any atom is 1.00 e. The van der Waals surface area contributed by atoms with Gasteiger partial charge in [0, 0.05) is 0 Å². The van der Waals surface area contributed by atoms with E-state index in [0.717, 1.165) is 0 Å². The fraction of sp³-hybridized carbons (Fsp3) is 0.714. The first-order valence-electron chi connectivity index (χ1n) is 3.43. The van der Waals surface area contributed by atoms with Crippen LogP contribution >= 0.6 is 0 Å². The van der Waals surface area contributed by atoms with Gasteiger partial charge in [-0.1, -0.05) is 0 Å². The van der Waals surface area contributed by atoms with Gasteiger partial charge in [-0.15, -0.1) is 0 Å². The van der Waals surface area contributed by atoms with E-state index in [1.165, 1.54) is 30.5 Å². The molecule has 52 valence electrons. The Morgan fingerprint density at radius 1 is 1.40 bits per heavy atom. The van der Waals surface area contributed by atoms with Crippen LogP contribution in [0.2, 0.25) is 0 Å². The summed E-state index contributed by atoms with van der Waals surface area (Å²) >= 11 is 3.06. The van der Waals surface area contributed by atoms with Crippen molar-refractivity contribution < 1.29 is 18.9 Å². The number of rotatable bonds is 1. The van der Waals surface area contributed by atoms with Crippen LogP contribution in [0.4, 0.5) is 0 Å². The molecule has 1 aliphatic heterocycles. The molecule has 10 heavy (non-hydrogen) atoms. The van der Waals surface area contributed by atoms with Crippen LogP contribution < -0.4 is 18.9 Å². The van der Waals surface area contributed by atoms with Gasteiger partial charge in [-0.3, -0.25) is 0 Å². The van der Waals surface area contributed by atoms with Crippen LogP contribution in [0, 0.1) is 0 Å². The van der Waals surface area contributed by atoms with Crippen molar-refractivity contribution in [3.05, 3.63) is 10.7 Å². The summed E-state index contributed by atoms with van der Waals surface area (Å²) in [5.41, 5.74) is 0. The van der Waals surface area contributed by atoms with Crippen LogP contribution in [0.25, 0.3) is 0 Å². The number of nitrogens with zero attached hydrogens (tertiary/aromatic N) is 1. The molecule has 3 heteroatoms. The zero-order valence-electron chi connectivity index (χ0n) is 6.76. The van der Waals surface area contributed by atoms with Gasteiger partial charge in [-0.05, 0) is 0 Å². The normalized spacial score (nSPS) is 18.9. The molecule has 1 rings (SSSR count). The zero-order chi connectivity index (χ0) is 6.69. The van der Waals surface area contributed by atoms with Crippen molar-refractivity contribution in [3.8, 4) is 0 Å². The first-order valence-corrected chi connectivity index (χ1v) is 4.28. The molecule has 1 fully saturated rings. The van der Waals surface area contributed by atoms with Gasteiger partial charge in [0.05, 0.1) is 0 Å². The molecule has 0 spiro atoms. The van der Waals surface area contributed by atoms with E-state index in [-0.39, 0.29) is 18.9 Å². The second-order valence-corrected chi connectivity index (χ2v) is 3.20. The summed E-state index contributed by atoms with van der Waals surface area (Å²) in [7, 11) is 0. The average molecular weight is 196 g/mol. The summed E-state index contributed by atoms with van der Waals surface area (Å²) in [6.45, 7) is 4.56. The minimum atomic E-state index is 0. The summed E-state index contributed by atoms with van der Waals surface area (Å²) < 4.78 is 1.31. The third-order valence-corrected chi connectivity index (χ3v) is 2.70. The Bertz CT molecular complexity index is 119. The number of hydrogen-bond donors (Lipinski definition) is 0. The predicted molar refractivity (Wildman–Crippen MR) is 40.3 cm³/mol. The van der Waals surface area contributed by atoms with E-state index in [9.17, 15) is 0 Å². The molecule has 1 saturated heterocycles. The quantitative estimate of drug-likeness (QED) is 0.443. The molecule has 0 bridgehead atoms. The van der Waals surface area contributed by atoms with Crippen molar-refractivity contribution in [2.45, 2.75) is 19.8 Å². The summed E-state index contributed by atoms with van der Waals surface area (Å²) in [6.07, 6.45) is 4.85. The molecule has 0 atom stereocenters. The topological polar surface area (TPSA) is 3.24 Å². The monoisotopic (exact) mass is 197 g/mol. The molecule has 0 unspecified atom stereocenters. The molecule has 0 N–H and O–H groups in total. The van der Waals surface area contributed by atoms with E-state index in [1.54, 1.807) is 0 Å². The van der Waals surface area contributed by atoms with Crippen LogP contribution in [0.1, 0.15) is 19.8 Å². The third-order valence-electron chi connectivity index (χ3n) is 1.66. The van der Waals surface area contributed by atoms with Gasteiger partial charge in [0.2, 0.25) is 0 Å². The van der Waals surface area contributed by atoms with Gasteiger partial charge in [0.1, 0.15) is 0 Å². The number of allylic oxidation sites excluding steroid dienone is 1. The number of hydrogen-bond acceptors (Lipinski definition) is 1. The fourth-order valence-corrected chi connectivity index (χ4v) is 1.50. The molecular formula is C7H12LiNSe. The Labute approximate surface area is 83.2 Å². The summed E-state index contributed by atoms with van der Waals surface area (Å²) in [6, 6.07) is 0. The van der Waals surface area contributed by atoms with Crippen LogP contribution in [0.3, 0.4) is 0 Å². The summed E-state index contributed by atoms with van der Waals surface area (Å²) in [4.78, 5) is 2.39.